The Morgan fingerprint density at radius 1 is 0.630 bits per heavy atom. The summed E-state index contributed by atoms with van der Waals surface area (Å²) in [6, 6.07) is 0. The van der Waals surface area contributed by atoms with Gasteiger partial charge in [0.2, 0.25) is 0 Å². The molecule has 0 atom stereocenters. The standard InChI is InChI=1S/C14H24N4O8.Gd/c19-11(20)7-15-1-2-16(8-12(21)22)4-6-18(10-14(25)26)17(5-3-15)9-13(23)24;/h1-10H2,(H,19,20)(H,21,22)(H,23,24)(H,25,26);/q;+3/p-3. The van der Waals surface area contributed by atoms with Crippen LogP contribution in [0.25, 0.3) is 0 Å². The number of hydrogen-bond acceptors (Lipinski definition) is 11. The first-order chi connectivity index (χ1) is 12.2. The summed E-state index contributed by atoms with van der Waals surface area (Å²) in [7, 11) is 0. The van der Waals surface area contributed by atoms with Crippen molar-refractivity contribution in [2.75, 3.05) is 65.4 Å². The minimum atomic E-state index is -1.42. The normalized spacial score (nSPS) is 18.4. The zero-order valence-corrected chi connectivity index (χ0v) is 16.8. The van der Waals surface area contributed by atoms with Crippen LogP contribution >= 0.6 is 0 Å². The average molecular weight is 531 g/mol. The van der Waals surface area contributed by atoms with Crippen LogP contribution in [0.3, 0.4) is 0 Å². The number of aliphatic carboxylic acids is 4. The molecule has 12 nitrogen and oxygen atoms in total. The number of carboxylic acid groups (broad SMARTS) is 4. The van der Waals surface area contributed by atoms with Crippen molar-refractivity contribution in [3.8, 4) is 0 Å². The second-order valence-corrected chi connectivity index (χ2v) is 5.84. The SMILES string of the molecule is O=C([O-])CN1CCN(CC(=O)[O-])CCN(CC(=O)O)N(CC(=O)[O-])CC1.[Gd+3]. The molecular weight excluding hydrogens is 509 g/mol. The van der Waals surface area contributed by atoms with Crippen molar-refractivity contribution in [1.29, 1.82) is 0 Å². The molecule has 1 aliphatic rings. The number of hydrazine groups is 1. The maximum absolute atomic E-state index is 11.1. The number of carbonyl (C=O) groups excluding carboxylic acids is 3. The first-order valence-corrected chi connectivity index (χ1v) is 7.93. The van der Waals surface area contributed by atoms with Crippen LogP contribution in [0.2, 0.25) is 0 Å². The van der Waals surface area contributed by atoms with Crippen molar-refractivity contribution < 1.29 is 79.5 Å². The van der Waals surface area contributed by atoms with E-state index in [1.165, 1.54) is 19.8 Å². The van der Waals surface area contributed by atoms with E-state index >= 15 is 0 Å². The van der Waals surface area contributed by atoms with Gasteiger partial charge in [-0.05, 0) is 0 Å². The molecule has 1 fully saturated rings. The van der Waals surface area contributed by atoms with Crippen molar-refractivity contribution in [1.82, 2.24) is 19.8 Å². The molecule has 0 aliphatic carbocycles. The van der Waals surface area contributed by atoms with Crippen LogP contribution in [-0.2, 0) is 19.2 Å². The zero-order chi connectivity index (χ0) is 19.7. The molecule has 1 radical (unpaired) electrons. The molecular formula is C14H21GdN4O8. The minimum Gasteiger partial charge on any atom is -0.549 e. The first kappa shape index (κ1) is 26.0. The summed E-state index contributed by atoms with van der Waals surface area (Å²) in [6.45, 7) is -1.07. The Kier molecular flexibility index (Phi) is 12.8. The van der Waals surface area contributed by atoms with Gasteiger partial charge in [0, 0.05) is 52.4 Å². The Balaban J connectivity index is 0.00000676. The maximum atomic E-state index is 11.1. The third-order valence-corrected chi connectivity index (χ3v) is 3.82. The Morgan fingerprint density at radius 2 is 0.963 bits per heavy atom. The van der Waals surface area contributed by atoms with Gasteiger partial charge in [-0.3, -0.25) is 14.6 Å². The first-order valence-electron chi connectivity index (χ1n) is 7.93. The predicted molar refractivity (Wildman–Crippen MR) is 78.7 cm³/mol. The molecule has 1 N–H and O–H groups in total. The molecule has 1 rings (SSSR count). The van der Waals surface area contributed by atoms with Gasteiger partial charge in [-0.25, -0.2) is 10.0 Å². The van der Waals surface area contributed by atoms with Gasteiger partial charge < -0.3 is 34.8 Å². The van der Waals surface area contributed by atoms with Gasteiger partial charge in [-0.2, -0.15) is 0 Å². The summed E-state index contributed by atoms with van der Waals surface area (Å²) in [6.07, 6.45) is 0. The van der Waals surface area contributed by atoms with Gasteiger partial charge in [0.15, 0.2) is 0 Å². The summed E-state index contributed by atoms with van der Waals surface area (Å²) >= 11 is 0. The largest absolute Gasteiger partial charge is 3.00 e. The molecule has 0 saturated carbocycles. The maximum Gasteiger partial charge on any atom is 3.00 e. The molecule has 0 amide bonds. The Morgan fingerprint density at radius 3 is 1.30 bits per heavy atom. The van der Waals surface area contributed by atoms with Crippen LogP contribution in [0.15, 0.2) is 0 Å². The fourth-order valence-electron chi connectivity index (χ4n) is 2.65. The van der Waals surface area contributed by atoms with E-state index in [1.807, 2.05) is 0 Å². The summed E-state index contributed by atoms with van der Waals surface area (Å²) in [5, 5.41) is 44.3. The Bertz CT molecular complexity index is 489. The van der Waals surface area contributed by atoms with E-state index in [4.69, 9.17) is 5.11 Å². The minimum absolute atomic E-state index is 0. The van der Waals surface area contributed by atoms with Crippen molar-refractivity contribution in [2.24, 2.45) is 0 Å². The average Bonchev–Trinajstić information content (AvgIpc) is 2.49. The second-order valence-electron chi connectivity index (χ2n) is 5.84. The molecule has 0 unspecified atom stereocenters. The van der Waals surface area contributed by atoms with E-state index in [2.05, 4.69) is 0 Å². The molecule has 1 heterocycles. The summed E-state index contributed by atoms with van der Waals surface area (Å²) in [5.41, 5.74) is 0. The van der Waals surface area contributed by atoms with Crippen LogP contribution in [-0.4, -0.2) is 114 Å². The third-order valence-electron chi connectivity index (χ3n) is 3.82. The smallest absolute Gasteiger partial charge is 0.549 e. The van der Waals surface area contributed by atoms with Gasteiger partial charge in [0.05, 0.1) is 24.5 Å². The summed E-state index contributed by atoms with van der Waals surface area (Å²) < 4.78 is 0. The molecule has 0 bridgehead atoms. The van der Waals surface area contributed by atoms with E-state index in [-0.39, 0.29) is 79.2 Å². The second kappa shape index (κ2) is 13.3. The summed E-state index contributed by atoms with van der Waals surface area (Å²) in [4.78, 5) is 46.7. The molecule has 27 heavy (non-hydrogen) atoms. The van der Waals surface area contributed by atoms with Crippen molar-refractivity contribution in [2.45, 2.75) is 0 Å². The number of rotatable bonds is 8. The summed E-state index contributed by atoms with van der Waals surface area (Å²) in [5.74, 6) is -5.27. The topological polar surface area (TPSA) is 171 Å². The fourth-order valence-corrected chi connectivity index (χ4v) is 2.65. The van der Waals surface area contributed by atoms with Crippen LogP contribution in [0.5, 0.6) is 0 Å². The zero-order valence-electron chi connectivity index (χ0n) is 14.5. The van der Waals surface area contributed by atoms with Crippen molar-refractivity contribution in [3.63, 3.8) is 0 Å². The van der Waals surface area contributed by atoms with Crippen molar-refractivity contribution >= 4 is 23.9 Å². The third kappa shape index (κ3) is 11.5. The van der Waals surface area contributed by atoms with Crippen LogP contribution in [0.4, 0.5) is 0 Å². The monoisotopic (exact) mass is 531 g/mol. The van der Waals surface area contributed by atoms with Gasteiger partial charge in [-0.1, -0.05) is 0 Å². The quantitative estimate of drug-likeness (QED) is 0.315. The Labute approximate surface area is 187 Å². The van der Waals surface area contributed by atoms with E-state index in [0.717, 1.165) is 0 Å². The number of carbonyl (C=O) groups is 4. The number of carboxylic acids is 4. The molecule has 0 spiro atoms. The van der Waals surface area contributed by atoms with E-state index in [1.54, 1.807) is 0 Å². The van der Waals surface area contributed by atoms with Crippen LogP contribution in [0, 0.1) is 39.9 Å². The molecule has 0 aromatic rings. The van der Waals surface area contributed by atoms with E-state index in [9.17, 15) is 34.5 Å². The molecule has 0 aromatic heterocycles. The predicted octanol–water partition coefficient (Wildman–Crippen LogP) is -6.54. The van der Waals surface area contributed by atoms with Crippen LogP contribution < -0.4 is 15.3 Å². The molecule has 0 aromatic carbocycles. The van der Waals surface area contributed by atoms with Crippen LogP contribution in [0.1, 0.15) is 0 Å². The molecule has 13 heteroatoms. The molecule has 1 aliphatic heterocycles. The van der Waals surface area contributed by atoms with Gasteiger partial charge in [0.25, 0.3) is 0 Å². The Hall–Kier alpha value is -0.955. The van der Waals surface area contributed by atoms with Crippen molar-refractivity contribution in [3.05, 3.63) is 0 Å². The number of nitrogens with zero attached hydrogens (tertiary/aromatic N) is 4. The molecule has 1 saturated heterocycles. The number of hydrogen-bond donors (Lipinski definition) is 1. The van der Waals surface area contributed by atoms with Gasteiger partial charge in [-0.15, -0.1) is 0 Å². The van der Waals surface area contributed by atoms with E-state index in [0.29, 0.717) is 0 Å². The van der Waals surface area contributed by atoms with Gasteiger partial charge in [0.1, 0.15) is 6.54 Å². The van der Waals surface area contributed by atoms with Gasteiger partial charge >= 0.3 is 45.9 Å². The molecule has 153 valence electrons. The fraction of sp³-hybridized carbons (Fsp3) is 0.714. The van der Waals surface area contributed by atoms with E-state index < -0.39 is 50.1 Å².